The third kappa shape index (κ3) is 9.25. The van der Waals surface area contributed by atoms with E-state index in [0.29, 0.717) is 19.6 Å². The number of ether oxygens (including phenoxy) is 2. The van der Waals surface area contributed by atoms with Crippen molar-refractivity contribution in [3.05, 3.63) is 29.8 Å². The highest BCUT2D eigenvalue weighted by molar-refractivity contribution is 6.74. The van der Waals surface area contributed by atoms with Crippen molar-refractivity contribution in [3.8, 4) is 17.6 Å². The highest BCUT2D eigenvalue weighted by atomic mass is 28.4. The number of hydrogen-bond donors (Lipinski definition) is 1. The largest absolute Gasteiger partial charge is 0.497 e. The fraction of sp³-hybridized carbons (Fsp3) is 0.652. The Labute approximate surface area is 172 Å². The summed E-state index contributed by atoms with van der Waals surface area (Å²) < 4.78 is 17.0. The Hall–Kier alpha value is -1.32. The smallest absolute Gasteiger partial charge is 0.193 e. The molecule has 0 aliphatic heterocycles. The second-order valence-electron chi connectivity index (χ2n) is 8.79. The molecule has 1 aromatic carbocycles. The quantitative estimate of drug-likeness (QED) is 0.431. The Bertz CT molecular complexity index is 623. The Balaban J connectivity index is 2.22. The van der Waals surface area contributed by atoms with Crippen molar-refractivity contribution < 1.29 is 19.0 Å². The molecule has 1 N–H and O–H groups in total. The van der Waals surface area contributed by atoms with Crippen LogP contribution < -0.4 is 4.74 Å². The fourth-order valence-corrected chi connectivity index (χ4v) is 3.17. The molecule has 28 heavy (non-hydrogen) atoms. The highest BCUT2D eigenvalue weighted by Gasteiger charge is 2.36. The summed E-state index contributed by atoms with van der Waals surface area (Å²) in [6.07, 6.45) is 1.97. The average Bonchev–Trinajstić information content (AvgIpc) is 2.63. The van der Waals surface area contributed by atoms with Gasteiger partial charge in [-0.2, -0.15) is 0 Å². The van der Waals surface area contributed by atoms with Crippen LogP contribution in [0, 0.1) is 11.8 Å². The SMILES string of the molecule is COc1ccc(CO[C@@H](C)CCC[C@@H](O)C#CCO[Si](C)(C)C(C)(C)C)cc1. The molecule has 0 spiro atoms. The van der Waals surface area contributed by atoms with Gasteiger partial charge in [0.1, 0.15) is 11.9 Å². The van der Waals surface area contributed by atoms with Gasteiger partial charge in [-0.05, 0) is 62.0 Å². The lowest BCUT2D eigenvalue weighted by atomic mass is 10.1. The molecule has 0 aliphatic rings. The molecule has 0 amide bonds. The first-order chi connectivity index (χ1) is 13.0. The van der Waals surface area contributed by atoms with Crippen LogP contribution in [-0.4, -0.2) is 39.3 Å². The highest BCUT2D eigenvalue weighted by Crippen LogP contribution is 2.36. The molecule has 0 aliphatic carbocycles. The molecule has 4 nitrogen and oxygen atoms in total. The van der Waals surface area contributed by atoms with Gasteiger partial charge in [0.15, 0.2) is 8.32 Å². The fourth-order valence-electron chi connectivity index (χ4n) is 2.31. The summed E-state index contributed by atoms with van der Waals surface area (Å²) in [5.74, 6) is 6.73. The van der Waals surface area contributed by atoms with Crippen molar-refractivity contribution in [1.29, 1.82) is 0 Å². The van der Waals surface area contributed by atoms with E-state index in [2.05, 4.69) is 52.6 Å². The van der Waals surface area contributed by atoms with Gasteiger partial charge < -0.3 is 19.0 Å². The summed E-state index contributed by atoms with van der Waals surface area (Å²) in [7, 11) is -0.107. The molecule has 0 saturated heterocycles. The van der Waals surface area contributed by atoms with Crippen molar-refractivity contribution in [1.82, 2.24) is 0 Å². The van der Waals surface area contributed by atoms with E-state index in [0.717, 1.165) is 24.2 Å². The van der Waals surface area contributed by atoms with Crippen LogP contribution in [0.1, 0.15) is 52.5 Å². The summed E-state index contributed by atoms with van der Waals surface area (Å²) in [4.78, 5) is 0. The average molecular weight is 407 g/mol. The summed E-state index contributed by atoms with van der Waals surface area (Å²) >= 11 is 0. The molecule has 1 aromatic rings. The third-order valence-corrected chi connectivity index (χ3v) is 9.84. The minimum atomic E-state index is -1.77. The maximum absolute atomic E-state index is 10.0. The maximum Gasteiger partial charge on any atom is 0.193 e. The Morgan fingerprint density at radius 3 is 2.32 bits per heavy atom. The van der Waals surface area contributed by atoms with Crippen LogP contribution in [0.2, 0.25) is 18.1 Å². The zero-order valence-corrected chi connectivity index (χ0v) is 19.7. The molecule has 0 radical (unpaired) electrons. The van der Waals surface area contributed by atoms with Gasteiger partial charge in [0.2, 0.25) is 0 Å². The van der Waals surface area contributed by atoms with Gasteiger partial charge in [-0.15, -0.1) is 0 Å². The monoisotopic (exact) mass is 406 g/mol. The molecule has 1 rings (SSSR count). The Kier molecular flexibility index (Phi) is 10.3. The van der Waals surface area contributed by atoms with Crippen LogP contribution in [0.3, 0.4) is 0 Å². The number of methoxy groups -OCH3 is 1. The van der Waals surface area contributed by atoms with Crippen molar-refractivity contribution in [2.24, 2.45) is 0 Å². The van der Waals surface area contributed by atoms with E-state index in [1.54, 1.807) is 7.11 Å². The molecule has 0 fully saturated rings. The van der Waals surface area contributed by atoms with Crippen LogP contribution in [0.25, 0.3) is 0 Å². The molecule has 2 atom stereocenters. The van der Waals surface area contributed by atoms with Crippen LogP contribution >= 0.6 is 0 Å². The van der Waals surface area contributed by atoms with Crippen LogP contribution in [0.5, 0.6) is 5.75 Å². The van der Waals surface area contributed by atoms with E-state index < -0.39 is 14.4 Å². The first-order valence-electron chi connectivity index (χ1n) is 10.1. The summed E-state index contributed by atoms with van der Waals surface area (Å²) in [6, 6.07) is 7.90. The van der Waals surface area contributed by atoms with E-state index in [4.69, 9.17) is 13.9 Å². The van der Waals surface area contributed by atoms with Gasteiger partial charge in [0.05, 0.1) is 26.4 Å². The van der Waals surface area contributed by atoms with Crippen LogP contribution in [0.15, 0.2) is 24.3 Å². The van der Waals surface area contributed by atoms with E-state index in [1.165, 1.54) is 0 Å². The number of rotatable bonds is 10. The second kappa shape index (κ2) is 11.6. The Morgan fingerprint density at radius 1 is 1.11 bits per heavy atom. The third-order valence-electron chi connectivity index (χ3n) is 5.36. The molecule has 158 valence electrons. The van der Waals surface area contributed by atoms with Crippen molar-refractivity contribution in [2.75, 3.05) is 13.7 Å². The molecular formula is C23H38O4Si. The van der Waals surface area contributed by atoms with Gasteiger partial charge in [0.25, 0.3) is 0 Å². The molecule has 0 unspecified atom stereocenters. The summed E-state index contributed by atoms with van der Waals surface area (Å²) in [6.45, 7) is 14.1. The second-order valence-corrected chi connectivity index (χ2v) is 13.6. The van der Waals surface area contributed by atoms with Gasteiger partial charge >= 0.3 is 0 Å². The number of benzene rings is 1. The zero-order valence-electron chi connectivity index (χ0n) is 18.7. The lowest BCUT2D eigenvalue weighted by molar-refractivity contribution is 0.0442. The molecule has 5 heteroatoms. The van der Waals surface area contributed by atoms with Crippen LogP contribution in [-0.2, 0) is 15.8 Å². The van der Waals surface area contributed by atoms with E-state index >= 15 is 0 Å². The van der Waals surface area contributed by atoms with Crippen molar-refractivity contribution in [3.63, 3.8) is 0 Å². The molecule has 0 aromatic heterocycles. The van der Waals surface area contributed by atoms with E-state index in [-0.39, 0.29) is 11.1 Å². The predicted octanol–water partition coefficient (Wildman–Crippen LogP) is 5.16. The van der Waals surface area contributed by atoms with Crippen LogP contribution in [0.4, 0.5) is 0 Å². The lowest BCUT2D eigenvalue weighted by Gasteiger charge is -2.35. The standard InChI is InChI=1S/C23H38O4Si/c1-19(26-18-20-13-15-22(25-5)16-14-20)10-8-11-21(24)12-9-17-27-28(6,7)23(2,3)4/h13-16,19,21,24H,8,10-11,17-18H2,1-7H3/t19-,21+/m0/s1. The zero-order chi connectivity index (χ0) is 21.2. The number of aliphatic hydroxyl groups excluding tert-OH is 1. The number of aliphatic hydroxyl groups is 1. The normalized spacial score (nSPS) is 14.1. The lowest BCUT2D eigenvalue weighted by Crippen LogP contribution is -2.40. The van der Waals surface area contributed by atoms with Gasteiger partial charge in [-0.3, -0.25) is 0 Å². The van der Waals surface area contributed by atoms with Gasteiger partial charge in [0, 0.05) is 0 Å². The van der Waals surface area contributed by atoms with E-state index in [1.807, 2.05) is 24.3 Å². The van der Waals surface area contributed by atoms with E-state index in [9.17, 15) is 5.11 Å². The molecule has 0 saturated carbocycles. The topological polar surface area (TPSA) is 47.9 Å². The molecule has 0 heterocycles. The van der Waals surface area contributed by atoms with Crippen molar-refractivity contribution >= 4 is 8.32 Å². The minimum absolute atomic E-state index is 0.143. The molecular weight excluding hydrogens is 368 g/mol. The van der Waals surface area contributed by atoms with Gasteiger partial charge in [-0.1, -0.05) is 44.7 Å². The minimum Gasteiger partial charge on any atom is -0.497 e. The Morgan fingerprint density at radius 2 is 1.75 bits per heavy atom. The van der Waals surface area contributed by atoms with Crippen molar-refractivity contribution in [2.45, 2.75) is 83.9 Å². The maximum atomic E-state index is 10.0. The number of hydrogen-bond acceptors (Lipinski definition) is 4. The first-order valence-corrected chi connectivity index (χ1v) is 13.0. The first kappa shape index (κ1) is 24.7. The molecule has 0 bridgehead atoms. The van der Waals surface area contributed by atoms with Gasteiger partial charge in [-0.25, -0.2) is 0 Å². The summed E-state index contributed by atoms with van der Waals surface area (Å²) in [5, 5.41) is 10.2. The predicted molar refractivity (Wildman–Crippen MR) is 118 cm³/mol. The summed E-state index contributed by atoms with van der Waals surface area (Å²) in [5.41, 5.74) is 1.13.